The van der Waals surface area contributed by atoms with Crippen LogP contribution in [0.3, 0.4) is 0 Å². The average Bonchev–Trinajstić information content (AvgIpc) is 2.86. The third-order valence-electron chi connectivity index (χ3n) is 3.27. The molecule has 0 bridgehead atoms. The zero-order chi connectivity index (χ0) is 14.0. The molecule has 1 saturated heterocycles. The lowest BCUT2D eigenvalue weighted by atomic mass is 10.1. The summed E-state index contributed by atoms with van der Waals surface area (Å²) in [6.45, 7) is 0.407. The first-order chi connectivity index (χ1) is 9.04. The van der Waals surface area contributed by atoms with Gasteiger partial charge >= 0.3 is 5.69 Å². The Morgan fingerprint density at radius 1 is 1.53 bits per heavy atom. The Bertz CT molecular complexity index is 517. The molecule has 0 spiro atoms. The smallest absolute Gasteiger partial charge is 0.311 e. The molecule has 2 N–H and O–H groups in total. The van der Waals surface area contributed by atoms with Crippen LogP contribution in [0.2, 0.25) is 0 Å². The quantitative estimate of drug-likeness (QED) is 0.624. The second-order valence-electron chi connectivity index (χ2n) is 4.44. The predicted octanol–water partition coefficient (Wildman–Crippen LogP) is 0.897. The van der Waals surface area contributed by atoms with Crippen molar-refractivity contribution in [2.75, 3.05) is 13.2 Å². The zero-order valence-corrected chi connectivity index (χ0v) is 10.2. The molecule has 0 radical (unpaired) electrons. The number of rotatable bonds is 3. The van der Waals surface area contributed by atoms with E-state index in [2.05, 4.69) is 0 Å². The predicted molar refractivity (Wildman–Crippen MR) is 65.9 cm³/mol. The summed E-state index contributed by atoms with van der Waals surface area (Å²) in [6.07, 6.45) is 1.53. The van der Waals surface area contributed by atoms with Gasteiger partial charge in [0.05, 0.1) is 17.6 Å². The van der Waals surface area contributed by atoms with E-state index < -0.39 is 16.4 Å². The number of phenolic OH excluding ortho intramolecular Hbond substituents is 1. The van der Waals surface area contributed by atoms with E-state index in [1.165, 1.54) is 11.0 Å². The Kier molecular flexibility index (Phi) is 3.66. The van der Waals surface area contributed by atoms with Crippen LogP contribution in [-0.4, -0.2) is 45.1 Å². The highest BCUT2D eigenvalue weighted by Gasteiger charge is 2.29. The lowest BCUT2D eigenvalue weighted by Crippen LogP contribution is -2.37. The highest BCUT2D eigenvalue weighted by atomic mass is 16.6. The van der Waals surface area contributed by atoms with Gasteiger partial charge in [-0.05, 0) is 25.0 Å². The Labute approximate surface area is 109 Å². The number of nitro benzene ring substituents is 1. The van der Waals surface area contributed by atoms with Crippen LogP contribution in [0.15, 0.2) is 18.2 Å². The maximum Gasteiger partial charge on any atom is 0.311 e. The van der Waals surface area contributed by atoms with Crippen molar-refractivity contribution in [2.45, 2.75) is 18.9 Å². The zero-order valence-electron chi connectivity index (χ0n) is 10.2. The minimum atomic E-state index is -0.736. The van der Waals surface area contributed by atoms with E-state index in [1.54, 1.807) is 0 Å². The van der Waals surface area contributed by atoms with Crippen LogP contribution in [0.5, 0.6) is 5.75 Å². The SMILES string of the molecule is O=C(c1ccc(O)c([N+](=O)[O-])c1)N1CCC[C@@H]1CO. The van der Waals surface area contributed by atoms with Crippen molar-refractivity contribution in [3.05, 3.63) is 33.9 Å². The number of carbonyl (C=O) groups is 1. The lowest BCUT2D eigenvalue weighted by Gasteiger charge is -2.22. The van der Waals surface area contributed by atoms with Crippen LogP contribution in [0.4, 0.5) is 5.69 Å². The Morgan fingerprint density at radius 2 is 2.26 bits per heavy atom. The molecule has 0 aromatic heterocycles. The summed E-state index contributed by atoms with van der Waals surface area (Å²) in [4.78, 5) is 23.7. The average molecular weight is 266 g/mol. The number of nitro groups is 1. The minimum absolute atomic E-state index is 0.119. The fraction of sp³-hybridized carbons (Fsp3) is 0.417. The molecule has 1 heterocycles. The molecule has 1 aromatic rings. The number of aliphatic hydroxyl groups is 1. The Hall–Kier alpha value is -2.15. The molecule has 7 heteroatoms. The van der Waals surface area contributed by atoms with E-state index in [1.807, 2.05) is 0 Å². The summed E-state index contributed by atoms with van der Waals surface area (Å²) in [5, 5.41) is 29.2. The van der Waals surface area contributed by atoms with Gasteiger partial charge < -0.3 is 15.1 Å². The molecule has 2 rings (SSSR count). The molecule has 1 amide bonds. The Morgan fingerprint density at radius 3 is 2.89 bits per heavy atom. The first kappa shape index (κ1) is 13.3. The fourth-order valence-electron chi connectivity index (χ4n) is 2.26. The second-order valence-corrected chi connectivity index (χ2v) is 4.44. The monoisotopic (exact) mass is 266 g/mol. The number of amides is 1. The number of benzene rings is 1. The molecule has 0 saturated carbocycles. The molecule has 1 aliphatic heterocycles. The molecular weight excluding hydrogens is 252 g/mol. The van der Waals surface area contributed by atoms with Gasteiger partial charge in [0, 0.05) is 18.2 Å². The topological polar surface area (TPSA) is 104 Å². The molecule has 102 valence electrons. The molecule has 1 aliphatic rings. The van der Waals surface area contributed by atoms with E-state index >= 15 is 0 Å². The highest BCUT2D eigenvalue weighted by Crippen LogP contribution is 2.28. The van der Waals surface area contributed by atoms with E-state index in [9.17, 15) is 25.1 Å². The van der Waals surface area contributed by atoms with Crippen LogP contribution in [-0.2, 0) is 0 Å². The van der Waals surface area contributed by atoms with E-state index in [4.69, 9.17) is 0 Å². The first-order valence-electron chi connectivity index (χ1n) is 5.94. The maximum atomic E-state index is 12.2. The normalized spacial score (nSPS) is 18.6. The number of aliphatic hydroxyl groups excluding tert-OH is 1. The standard InChI is InChI=1S/C12H14N2O5/c15-7-9-2-1-5-13(9)12(17)8-3-4-11(16)10(6-8)14(18)19/h3-4,6,9,15-16H,1-2,5,7H2/t9-/m1/s1. The van der Waals surface area contributed by atoms with Crippen molar-refractivity contribution in [3.63, 3.8) is 0 Å². The summed E-state index contributed by atoms with van der Waals surface area (Å²) < 4.78 is 0. The third kappa shape index (κ3) is 2.50. The molecule has 0 unspecified atom stereocenters. The number of hydrogen-bond donors (Lipinski definition) is 2. The van der Waals surface area contributed by atoms with Crippen LogP contribution in [0.25, 0.3) is 0 Å². The van der Waals surface area contributed by atoms with E-state index in [0.717, 1.165) is 25.0 Å². The summed E-state index contributed by atoms with van der Waals surface area (Å²) >= 11 is 0. The molecule has 1 fully saturated rings. The van der Waals surface area contributed by atoms with Gasteiger partial charge in [0.1, 0.15) is 0 Å². The third-order valence-corrected chi connectivity index (χ3v) is 3.27. The van der Waals surface area contributed by atoms with Crippen molar-refractivity contribution < 1.29 is 19.9 Å². The number of nitrogens with zero attached hydrogens (tertiary/aromatic N) is 2. The van der Waals surface area contributed by atoms with Crippen molar-refractivity contribution in [3.8, 4) is 5.75 Å². The van der Waals surface area contributed by atoms with Crippen molar-refractivity contribution >= 4 is 11.6 Å². The van der Waals surface area contributed by atoms with Gasteiger partial charge in [-0.1, -0.05) is 0 Å². The summed E-state index contributed by atoms with van der Waals surface area (Å²) in [5.41, 5.74) is -0.351. The van der Waals surface area contributed by atoms with Gasteiger partial charge in [-0.25, -0.2) is 0 Å². The van der Waals surface area contributed by atoms with Gasteiger partial charge in [0.25, 0.3) is 5.91 Å². The summed E-state index contributed by atoms with van der Waals surface area (Å²) in [7, 11) is 0. The first-order valence-corrected chi connectivity index (χ1v) is 5.94. The van der Waals surface area contributed by atoms with E-state index in [-0.39, 0.29) is 24.1 Å². The second kappa shape index (κ2) is 5.23. The number of carbonyl (C=O) groups excluding carboxylic acids is 1. The van der Waals surface area contributed by atoms with Crippen LogP contribution in [0, 0.1) is 10.1 Å². The van der Waals surface area contributed by atoms with Crippen molar-refractivity contribution in [1.29, 1.82) is 0 Å². The number of phenols is 1. The molecule has 1 aromatic carbocycles. The van der Waals surface area contributed by atoms with Gasteiger partial charge in [-0.2, -0.15) is 0 Å². The molecule has 1 atom stereocenters. The van der Waals surface area contributed by atoms with Gasteiger partial charge in [0.2, 0.25) is 0 Å². The van der Waals surface area contributed by atoms with E-state index in [0.29, 0.717) is 6.54 Å². The van der Waals surface area contributed by atoms with Crippen molar-refractivity contribution in [2.24, 2.45) is 0 Å². The van der Waals surface area contributed by atoms with Gasteiger partial charge in [-0.3, -0.25) is 14.9 Å². The molecule has 0 aliphatic carbocycles. The lowest BCUT2D eigenvalue weighted by molar-refractivity contribution is -0.385. The maximum absolute atomic E-state index is 12.2. The molecular formula is C12H14N2O5. The van der Waals surface area contributed by atoms with Crippen LogP contribution < -0.4 is 0 Å². The van der Waals surface area contributed by atoms with Gasteiger partial charge in [0.15, 0.2) is 5.75 Å². The number of hydrogen-bond acceptors (Lipinski definition) is 5. The van der Waals surface area contributed by atoms with Crippen LogP contribution >= 0.6 is 0 Å². The molecule has 19 heavy (non-hydrogen) atoms. The number of likely N-dealkylation sites (tertiary alicyclic amines) is 1. The highest BCUT2D eigenvalue weighted by molar-refractivity contribution is 5.95. The molecule has 7 nitrogen and oxygen atoms in total. The Balaban J connectivity index is 2.29. The number of aromatic hydroxyl groups is 1. The largest absolute Gasteiger partial charge is 0.502 e. The fourth-order valence-corrected chi connectivity index (χ4v) is 2.26. The van der Waals surface area contributed by atoms with Crippen molar-refractivity contribution in [1.82, 2.24) is 4.90 Å². The minimum Gasteiger partial charge on any atom is -0.502 e. The summed E-state index contributed by atoms with van der Waals surface area (Å²) in [5.74, 6) is -0.832. The van der Waals surface area contributed by atoms with Gasteiger partial charge in [-0.15, -0.1) is 0 Å². The summed E-state index contributed by atoms with van der Waals surface area (Å²) in [6, 6.07) is 3.30. The van der Waals surface area contributed by atoms with Crippen LogP contribution in [0.1, 0.15) is 23.2 Å².